The van der Waals surface area contributed by atoms with E-state index in [1.807, 2.05) is 6.19 Å². The second-order valence-electron chi connectivity index (χ2n) is 2.22. The van der Waals surface area contributed by atoms with E-state index in [0.29, 0.717) is 11.7 Å². The molecule has 1 heterocycles. The van der Waals surface area contributed by atoms with Crippen LogP contribution in [0.1, 0.15) is 13.8 Å². The number of hydrogen-bond donors (Lipinski definition) is 1. The number of nitrogens with zero attached hydrogens (tertiary/aromatic N) is 4. The number of hydrogen-bond acceptors (Lipinski definition) is 5. The Labute approximate surface area is 64.8 Å². The fraction of sp³-hybridized carbons (Fsp3) is 0.500. The molecule has 0 amide bonds. The van der Waals surface area contributed by atoms with Gasteiger partial charge in [0.1, 0.15) is 11.7 Å². The molecule has 0 aromatic heterocycles. The molecule has 1 aliphatic heterocycles. The second kappa shape index (κ2) is 2.68. The van der Waals surface area contributed by atoms with Crippen molar-refractivity contribution in [2.75, 3.05) is 0 Å². The molecule has 1 atom stereocenters. The van der Waals surface area contributed by atoms with Gasteiger partial charge in [-0.2, -0.15) is 5.26 Å². The predicted octanol–water partition coefficient (Wildman–Crippen LogP) is -0.138. The highest BCUT2D eigenvalue weighted by molar-refractivity contribution is 5.97. The number of nitrogens with two attached hydrogens (primary N) is 1. The van der Waals surface area contributed by atoms with Crippen molar-refractivity contribution in [2.24, 2.45) is 15.7 Å². The van der Waals surface area contributed by atoms with Crippen LogP contribution >= 0.6 is 0 Å². The maximum Gasteiger partial charge on any atom is 0.189 e. The quantitative estimate of drug-likeness (QED) is 0.489. The standard InChI is InChI=1S/C6H9N5/c1-4-9-5(2)11(3-7)6(8)10-4/h6H,8H2,1-2H3. The van der Waals surface area contributed by atoms with Crippen LogP contribution in [0.15, 0.2) is 9.98 Å². The first kappa shape index (κ1) is 7.69. The maximum absolute atomic E-state index is 8.56. The average molecular weight is 151 g/mol. The topological polar surface area (TPSA) is 77.8 Å². The summed E-state index contributed by atoms with van der Waals surface area (Å²) in [5.74, 6) is 1.20. The van der Waals surface area contributed by atoms with Crippen LogP contribution in [0.25, 0.3) is 0 Å². The smallest absolute Gasteiger partial charge is 0.189 e. The minimum absolute atomic E-state index is 0.590. The average Bonchev–Trinajstić information content (AvgIpc) is 1.85. The summed E-state index contributed by atoms with van der Waals surface area (Å²) in [6, 6.07) is 0. The van der Waals surface area contributed by atoms with Crippen molar-refractivity contribution < 1.29 is 0 Å². The molecule has 0 radical (unpaired) electrons. The third kappa shape index (κ3) is 1.36. The summed E-state index contributed by atoms with van der Waals surface area (Å²) in [7, 11) is 0. The molecule has 0 fully saturated rings. The van der Waals surface area contributed by atoms with Crippen LogP contribution in [0.4, 0.5) is 0 Å². The van der Waals surface area contributed by atoms with Crippen molar-refractivity contribution in [3.8, 4) is 6.19 Å². The number of aliphatic imine (C=N–C) groups is 2. The molecule has 0 aromatic carbocycles. The summed E-state index contributed by atoms with van der Waals surface area (Å²) >= 11 is 0. The largest absolute Gasteiger partial charge is 0.291 e. The third-order valence-electron chi connectivity index (χ3n) is 1.36. The van der Waals surface area contributed by atoms with Crippen molar-refractivity contribution in [1.82, 2.24) is 4.90 Å². The van der Waals surface area contributed by atoms with Gasteiger partial charge in [-0.1, -0.05) is 0 Å². The van der Waals surface area contributed by atoms with Gasteiger partial charge in [-0.3, -0.25) is 5.73 Å². The molecule has 0 saturated heterocycles. The van der Waals surface area contributed by atoms with Gasteiger partial charge in [0.25, 0.3) is 0 Å². The number of amidine groups is 2. The van der Waals surface area contributed by atoms with E-state index >= 15 is 0 Å². The summed E-state index contributed by atoms with van der Waals surface area (Å²) in [4.78, 5) is 9.13. The van der Waals surface area contributed by atoms with Crippen molar-refractivity contribution >= 4 is 11.7 Å². The first-order valence-corrected chi connectivity index (χ1v) is 3.19. The molecular formula is C6H9N5. The van der Waals surface area contributed by atoms with Gasteiger partial charge >= 0.3 is 0 Å². The van der Waals surface area contributed by atoms with E-state index in [9.17, 15) is 0 Å². The van der Waals surface area contributed by atoms with E-state index in [0.717, 1.165) is 0 Å². The summed E-state index contributed by atoms with van der Waals surface area (Å²) < 4.78 is 0. The second-order valence-corrected chi connectivity index (χ2v) is 2.22. The van der Waals surface area contributed by atoms with Gasteiger partial charge in [0.05, 0.1) is 0 Å². The summed E-state index contributed by atoms with van der Waals surface area (Å²) in [6.45, 7) is 3.47. The molecule has 0 aromatic rings. The first-order valence-electron chi connectivity index (χ1n) is 3.19. The van der Waals surface area contributed by atoms with E-state index in [1.165, 1.54) is 4.90 Å². The van der Waals surface area contributed by atoms with Gasteiger partial charge < -0.3 is 0 Å². The lowest BCUT2D eigenvalue weighted by Gasteiger charge is -2.22. The molecule has 5 nitrogen and oxygen atoms in total. The monoisotopic (exact) mass is 151 g/mol. The van der Waals surface area contributed by atoms with Gasteiger partial charge in [0.15, 0.2) is 12.5 Å². The molecule has 0 aliphatic carbocycles. The Balaban J connectivity index is 2.93. The molecule has 5 heteroatoms. The van der Waals surface area contributed by atoms with Gasteiger partial charge in [0.2, 0.25) is 0 Å². The highest BCUT2D eigenvalue weighted by Gasteiger charge is 2.18. The van der Waals surface area contributed by atoms with Crippen molar-refractivity contribution in [2.45, 2.75) is 20.1 Å². The Morgan fingerprint density at radius 2 is 2.27 bits per heavy atom. The van der Waals surface area contributed by atoms with Crippen LogP contribution in [0.2, 0.25) is 0 Å². The van der Waals surface area contributed by atoms with Crippen LogP contribution in [0.3, 0.4) is 0 Å². The molecule has 0 bridgehead atoms. The lowest BCUT2D eigenvalue weighted by molar-refractivity contribution is 0.430. The SMILES string of the molecule is CC1=NC(N)N(C#N)C(C)=N1. The van der Waals surface area contributed by atoms with Gasteiger partial charge in [-0.05, 0) is 13.8 Å². The lowest BCUT2D eigenvalue weighted by atomic mass is 10.5. The molecular weight excluding hydrogens is 142 g/mol. The van der Waals surface area contributed by atoms with E-state index in [2.05, 4.69) is 9.98 Å². The molecule has 1 aliphatic rings. The molecule has 2 N–H and O–H groups in total. The maximum atomic E-state index is 8.56. The van der Waals surface area contributed by atoms with Crippen LogP contribution in [-0.4, -0.2) is 22.9 Å². The zero-order valence-electron chi connectivity index (χ0n) is 6.44. The number of nitriles is 1. The van der Waals surface area contributed by atoms with Crippen LogP contribution < -0.4 is 5.73 Å². The minimum atomic E-state index is -0.600. The van der Waals surface area contributed by atoms with Crippen molar-refractivity contribution in [3.05, 3.63) is 0 Å². The van der Waals surface area contributed by atoms with Gasteiger partial charge in [0, 0.05) is 0 Å². The summed E-state index contributed by atoms with van der Waals surface area (Å²) in [5, 5.41) is 8.56. The zero-order chi connectivity index (χ0) is 8.43. The van der Waals surface area contributed by atoms with E-state index < -0.39 is 6.29 Å². The highest BCUT2D eigenvalue weighted by atomic mass is 15.4. The molecule has 0 spiro atoms. The first-order chi connectivity index (χ1) is 5.15. The lowest BCUT2D eigenvalue weighted by Crippen LogP contribution is -2.43. The molecule has 0 saturated carbocycles. The fourth-order valence-electron chi connectivity index (χ4n) is 0.889. The van der Waals surface area contributed by atoms with Crippen LogP contribution in [-0.2, 0) is 0 Å². The Kier molecular flexibility index (Phi) is 1.87. The molecule has 1 unspecified atom stereocenters. The molecule has 1 rings (SSSR count). The zero-order valence-corrected chi connectivity index (χ0v) is 6.44. The third-order valence-corrected chi connectivity index (χ3v) is 1.36. The molecule has 58 valence electrons. The minimum Gasteiger partial charge on any atom is -0.291 e. The van der Waals surface area contributed by atoms with Crippen molar-refractivity contribution in [1.29, 1.82) is 5.26 Å². The molecule has 11 heavy (non-hydrogen) atoms. The fourth-order valence-corrected chi connectivity index (χ4v) is 0.889. The number of rotatable bonds is 0. The van der Waals surface area contributed by atoms with Gasteiger partial charge in [-0.15, -0.1) is 0 Å². The van der Waals surface area contributed by atoms with Gasteiger partial charge in [-0.25, -0.2) is 14.9 Å². The van der Waals surface area contributed by atoms with E-state index in [-0.39, 0.29) is 0 Å². The van der Waals surface area contributed by atoms with E-state index in [4.69, 9.17) is 11.0 Å². The van der Waals surface area contributed by atoms with Crippen molar-refractivity contribution in [3.63, 3.8) is 0 Å². The predicted molar refractivity (Wildman–Crippen MR) is 41.6 cm³/mol. The Bertz CT molecular complexity index is 259. The normalized spacial score (nSPS) is 23.8. The Morgan fingerprint density at radius 3 is 2.73 bits per heavy atom. The van der Waals surface area contributed by atoms with E-state index in [1.54, 1.807) is 13.8 Å². The Morgan fingerprint density at radius 1 is 1.64 bits per heavy atom. The van der Waals surface area contributed by atoms with Crippen LogP contribution in [0, 0.1) is 11.5 Å². The van der Waals surface area contributed by atoms with Crippen LogP contribution in [0.5, 0.6) is 0 Å². The highest BCUT2D eigenvalue weighted by Crippen LogP contribution is 2.03. The Hall–Kier alpha value is -1.41. The summed E-state index contributed by atoms with van der Waals surface area (Å²) in [5.41, 5.74) is 5.51. The summed E-state index contributed by atoms with van der Waals surface area (Å²) in [6.07, 6.45) is 1.29.